The summed E-state index contributed by atoms with van der Waals surface area (Å²) in [6.07, 6.45) is 11.0. The van der Waals surface area contributed by atoms with Crippen molar-refractivity contribution >= 4 is 5.91 Å². The molecule has 1 atom stereocenters. The molecule has 1 aliphatic rings. The van der Waals surface area contributed by atoms with Gasteiger partial charge in [-0.15, -0.1) is 0 Å². The summed E-state index contributed by atoms with van der Waals surface area (Å²) in [5.74, 6) is 1.15. The third-order valence-corrected chi connectivity index (χ3v) is 4.47. The van der Waals surface area contributed by atoms with Crippen molar-refractivity contribution in [3.63, 3.8) is 0 Å². The van der Waals surface area contributed by atoms with Crippen LogP contribution in [0.25, 0.3) is 0 Å². The van der Waals surface area contributed by atoms with Crippen molar-refractivity contribution in [2.75, 3.05) is 0 Å². The summed E-state index contributed by atoms with van der Waals surface area (Å²) in [6.45, 7) is 6.24. The zero-order valence-electron chi connectivity index (χ0n) is 13.9. The summed E-state index contributed by atoms with van der Waals surface area (Å²) in [7, 11) is 0. The van der Waals surface area contributed by atoms with Gasteiger partial charge in [0.2, 0.25) is 5.91 Å². The van der Waals surface area contributed by atoms with Gasteiger partial charge >= 0.3 is 0 Å². The van der Waals surface area contributed by atoms with E-state index in [1.807, 2.05) is 19.1 Å². The highest BCUT2D eigenvalue weighted by Gasteiger charge is 2.19. The predicted molar refractivity (Wildman–Crippen MR) is 92.7 cm³/mol. The van der Waals surface area contributed by atoms with E-state index in [2.05, 4.69) is 49.5 Å². The molecule has 1 aromatic rings. The lowest BCUT2D eigenvalue weighted by Gasteiger charge is -2.15. The number of allylic oxidation sites excluding steroid dienone is 3. The van der Waals surface area contributed by atoms with Crippen molar-refractivity contribution in [2.24, 2.45) is 11.8 Å². The molecule has 1 aromatic carbocycles. The van der Waals surface area contributed by atoms with E-state index in [9.17, 15) is 4.79 Å². The molecule has 0 aliphatic heterocycles. The van der Waals surface area contributed by atoms with E-state index in [1.54, 1.807) is 6.08 Å². The Bertz CT molecular complexity index is 532. The zero-order valence-corrected chi connectivity index (χ0v) is 13.9. The van der Waals surface area contributed by atoms with Crippen molar-refractivity contribution in [1.29, 1.82) is 0 Å². The highest BCUT2D eigenvalue weighted by Crippen LogP contribution is 2.28. The maximum absolute atomic E-state index is 11.7. The number of hydrogen-bond donors (Lipinski definition) is 1. The van der Waals surface area contributed by atoms with Crippen LogP contribution in [-0.4, -0.2) is 11.9 Å². The Morgan fingerprint density at radius 3 is 2.41 bits per heavy atom. The van der Waals surface area contributed by atoms with Gasteiger partial charge in [-0.25, -0.2) is 0 Å². The summed E-state index contributed by atoms with van der Waals surface area (Å²) in [5, 5.41) is 2.96. The minimum atomic E-state index is -0.0147. The quantitative estimate of drug-likeness (QED) is 0.622. The molecule has 2 nitrogen and oxygen atoms in total. The van der Waals surface area contributed by atoms with Crippen LogP contribution in [0.2, 0.25) is 0 Å². The minimum absolute atomic E-state index is 0.0147. The molecule has 2 heteroatoms. The molecule has 0 spiro atoms. The molecule has 0 heterocycles. The van der Waals surface area contributed by atoms with Gasteiger partial charge < -0.3 is 5.32 Å². The number of fused-ring (bicyclic) bond motifs is 1. The fourth-order valence-corrected chi connectivity index (χ4v) is 2.75. The largest absolute Gasteiger partial charge is 0.350 e. The summed E-state index contributed by atoms with van der Waals surface area (Å²) in [5.41, 5.74) is 3.00. The van der Waals surface area contributed by atoms with Crippen LogP contribution in [0.3, 0.4) is 0 Å². The van der Waals surface area contributed by atoms with Gasteiger partial charge in [0.1, 0.15) is 0 Å². The monoisotopic (exact) mass is 297 g/mol. The lowest BCUT2D eigenvalue weighted by molar-refractivity contribution is -0.117. The Morgan fingerprint density at radius 2 is 1.82 bits per heavy atom. The van der Waals surface area contributed by atoms with Gasteiger partial charge in [-0.3, -0.25) is 4.79 Å². The Morgan fingerprint density at radius 1 is 1.18 bits per heavy atom. The van der Waals surface area contributed by atoms with Gasteiger partial charge in [-0.05, 0) is 49.1 Å². The molecule has 0 saturated heterocycles. The van der Waals surface area contributed by atoms with Gasteiger partial charge in [-0.2, -0.15) is 0 Å². The molecule has 1 amide bonds. The number of amides is 1. The normalized spacial score (nSPS) is 16.5. The molecular formula is C20H27NO. The fourth-order valence-electron chi connectivity index (χ4n) is 2.75. The van der Waals surface area contributed by atoms with Crippen molar-refractivity contribution in [2.45, 2.75) is 46.1 Å². The molecule has 1 aliphatic carbocycles. The van der Waals surface area contributed by atoms with Crippen LogP contribution in [0.4, 0.5) is 0 Å². The lowest BCUT2D eigenvalue weighted by atomic mass is 10.0. The standard InChI is InChI=1S/C20H27NO/c1-15(2)16(3)21-20(22)12-6-4-5-9-17-13-18-10-7-8-11-19(18)14-17/h4-8,10-12,15-17H,9,13-14H2,1-3H3,(H,21,22). The minimum Gasteiger partial charge on any atom is -0.350 e. The average Bonchev–Trinajstić information content (AvgIpc) is 2.89. The summed E-state index contributed by atoms with van der Waals surface area (Å²) in [4.78, 5) is 11.7. The van der Waals surface area contributed by atoms with Crippen LogP contribution in [0.1, 0.15) is 38.3 Å². The Labute approximate surface area is 134 Å². The van der Waals surface area contributed by atoms with E-state index < -0.39 is 0 Å². The topological polar surface area (TPSA) is 29.1 Å². The molecule has 0 bridgehead atoms. The number of hydrogen-bond acceptors (Lipinski definition) is 1. The van der Waals surface area contributed by atoms with Gasteiger partial charge in [0.25, 0.3) is 0 Å². The van der Waals surface area contributed by atoms with Gasteiger partial charge in [-0.1, -0.05) is 56.3 Å². The molecule has 1 N–H and O–H groups in total. The van der Waals surface area contributed by atoms with E-state index in [1.165, 1.54) is 24.0 Å². The van der Waals surface area contributed by atoms with Gasteiger partial charge in [0, 0.05) is 12.1 Å². The van der Waals surface area contributed by atoms with Gasteiger partial charge in [0.05, 0.1) is 0 Å². The summed E-state index contributed by atoms with van der Waals surface area (Å²) in [6, 6.07) is 8.92. The van der Waals surface area contributed by atoms with Crippen LogP contribution in [0.5, 0.6) is 0 Å². The first-order valence-electron chi connectivity index (χ1n) is 8.26. The number of rotatable bonds is 6. The fraction of sp³-hybridized carbons (Fsp3) is 0.450. The van der Waals surface area contributed by atoms with Crippen molar-refractivity contribution in [1.82, 2.24) is 5.32 Å². The van der Waals surface area contributed by atoms with Crippen LogP contribution in [-0.2, 0) is 17.6 Å². The lowest BCUT2D eigenvalue weighted by Crippen LogP contribution is -2.34. The van der Waals surface area contributed by atoms with Crippen LogP contribution in [0, 0.1) is 11.8 Å². The van der Waals surface area contributed by atoms with E-state index >= 15 is 0 Å². The molecule has 0 fully saturated rings. The van der Waals surface area contributed by atoms with Crippen LogP contribution < -0.4 is 5.32 Å². The SMILES string of the molecule is CC(C)C(C)NC(=O)C=CC=CCC1Cc2ccccc2C1. The smallest absolute Gasteiger partial charge is 0.244 e. The van der Waals surface area contributed by atoms with Crippen molar-refractivity contribution in [3.05, 3.63) is 59.7 Å². The first kappa shape index (κ1) is 16.5. The zero-order chi connectivity index (χ0) is 15.9. The molecular weight excluding hydrogens is 270 g/mol. The molecule has 0 saturated carbocycles. The average molecular weight is 297 g/mol. The first-order chi connectivity index (χ1) is 10.6. The number of benzene rings is 1. The van der Waals surface area contributed by atoms with Crippen LogP contribution >= 0.6 is 0 Å². The Balaban J connectivity index is 1.71. The van der Waals surface area contributed by atoms with E-state index in [4.69, 9.17) is 0 Å². The molecule has 2 rings (SSSR count). The summed E-state index contributed by atoms with van der Waals surface area (Å²) >= 11 is 0. The first-order valence-corrected chi connectivity index (χ1v) is 8.26. The third-order valence-electron chi connectivity index (χ3n) is 4.47. The second-order valence-electron chi connectivity index (χ2n) is 6.61. The summed E-state index contributed by atoms with van der Waals surface area (Å²) < 4.78 is 0. The molecule has 1 unspecified atom stereocenters. The van der Waals surface area contributed by atoms with E-state index in [-0.39, 0.29) is 11.9 Å². The second kappa shape index (κ2) is 7.98. The molecule has 118 valence electrons. The van der Waals surface area contributed by atoms with Crippen LogP contribution in [0.15, 0.2) is 48.6 Å². The maximum atomic E-state index is 11.7. The number of carbonyl (C=O) groups is 1. The molecule has 0 aromatic heterocycles. The predicted octanol–water partition coefficient (Wildman–Crippen LogP) is 4.06. The van der Waals surface area contributed by atoms with Gasteiger partial charge in [0.15, 0.2) is 0 Å². The third kappa shape index (κ3) is 4.87. The maximum Gasteiger partial charge on any atom is 0.244 e. The molecule has 22 heavy (non-hydrogen) atoms. The van der Waals surface area contributed by atoms with Crippen molar-refractivity contribution in [3.8, 4) is 0 Å². The number of nitrogens with one attached hydrogen (secondary N) is 1. The highest BCUT2D eigenvalue weighted by atomic mass is 16.1. The second-order valence-corrected chi connectivity index (χ2v) is 6.61. The molecule has 0 radical (unpaired) electrons. The Kier molecular flexibility index (Phi) is 6.00. The highest BCUT2D eigenvalue weighted by molar-refractivity contribution is 5.87. The number of carbonyl (C=O) groups excluding carboxylic acids is 1. The van der Waals surface area contributed by atoms with E-state index in [0.717, 1.165) is 6.42 Å². The van der Waals surface area contributed by atoms with E-state index in [0.29, 0.717) is 11.8 Å². The Hall–Kier alpha value is -1.83. The van der Waals surface area contributed by atoms with Crippen molar-refractivity contribution < 1.29 is 4.79 Å².